The number of hydrogen-bond donors (Lipinski definition) is 0. The maximum atomic E-state index is 5.90. The normalized spacial score (nSPS) is 18.2. The largest absolute Gasteiger partial charge is 0.375 e. The molecule has 0 unspecified atom stereocenters. The molecule has 0 bridgehead atoms. The fraction of sp³-hybridized carbons (Fsp3) is 0.529. The van der Waals surface area contributed by atoms with Gasteiger partial charge in [0.1, 0.15) is 6.33 Å². The molecule has 6 nitrogen and oxygen atoms in total. The number of morpholine rings is 1. The highest BCUT2D eigenvalue weighted by Crippen LogP contribution is 2.17. The SMILES string of the molecule is Cc1cc(CC[C@@H]2CN(c3nc(C)cc(C)n3)CCO2)ncn1. The summed E-state index contributed by atoms with van der Waals surface area (Å²) in [7, 11) is 0. The van der Waals surface area contributed by atoms with E-state index in [0.29, 0.717) is 6.61 Å². The molecule has 2 aromatic rings. The highest BCUT2D eigenvalue weighted by molar-refractivity contribution is 5.33. The van der Waals surface area contributed by atoms with Gasteiger partial charge in [0.2, 0.25) is 5.95 Å². The molecule has 0 spiro atoms. The van der Waals surface area contributed by atoms with Gasteiger partial charge in [-0.05, 0) is 45.7 Å². The van der Waals surface area contributed by atoms with E-state index in [1.54, 1.807) is 6.33 Å². The maximum Gasteiger partial charge on any atom is 0.225 e. The van der Waals surface area contributed by atoms with Gasteiger partial charge >= 0.3 is 0 Å². The van der Waals surface area contributed by atoms with Crippen molar-refractivity contribution >= 4 is 5.95 Å². The smallest absolute Gasteiger partial charge is 0.225 e. The Kier molecular flexibility index (Phi) is 4.81. The zero-order valence-corrected chi connectivity index (χ0v) is 14.0. The number of hydrogen-bond acceptors (Lipinski definition) is 6. The van der Waals surface area contributed by atoms with E-state index in [9.17, 15) is 0 Å². The quantitative estimate of drug-likeness (QED) is 0.860. The lowest BCUT2D eigenvalue weighted by atomic mass is 10.1. The van der Waals surface area contributed by atoms with E-state index in [1.165, 1.54) is 0 Å². The Hall–Kier alpha value is -2.08. The van der Waals surface area contributed by atoms with Crippen molar-refractivity contribution in [2.75, 3.05) is 24.6 Å². The van der Waals surface area contributed by atoms with Gasteiger partial charge in [-0.3, -0.25) is 0 Å². The average molecular weight is 313 g/mol. The van der Waals surface area contributed by atoms with Gasteiger partial charge in [0.15, 0.2) is 0 Å². The summed E-state index contributed by atoms with van der Waals surface area (Å²) in [6, 6.07) is 4.03. The van der Waals surface area contributed by atoms with Crippen LogP contribution in [-0.2, 0) is 11.2 Å². The minimum atomic E-state index is 0.184. The van der Waals surface area contributed by atoms with Crippen LogP contribution in [0.5, 0.6) is 0 Å². The standard InChI is InChI=1S/C17H23N5O/c1-12-9-15(19-11-18-12)4-5-16-10-22(6-7-23-16)17-20-13(2)8-14(3)21-17/h8-9,11,16H,4-7,10H2,1-3H3/t16-/m1/s1. The van der Waals surface area contributed by atoms with Gasteiger partial charge in [-0.2, -0.15) is 0 Å². The van der Waals surface area contributed by atoms with E-state index >= 15 is 0 Å². The van der Waals surface area contributed by atoms with Crippen LogP contribution in [0.1, 0.15) is 29.2 Å². The van der Waals surface area contributed by atoms with Crippen molar-refractivity contribution in [2.45, 2.75) is 39.7 Å². The first-order valence-corrected chi connectivity index (χ1v) is 8.06. The monoisotopic (exact) mass is 313 g/mol. The Bertz CT molecular complexity index is 656. The Balaban J connectivity index is 1.61. The molecule has 0 N–H and O–H groups in total. The third kappa shape index (κ3) is 4.22. The Morgan fingerprint density at radius 1 is 1.09 bits per heavy atom. The predicted molar refractivity (Wildman–Crippen MR) is 88.5 cm³/mol. The third-order valence-corrected chi connectivity index (χ3v) is 3.97. The summed E-state index contributed by atoms with van der Waals surface area (Å²) < 4.78 is 5.90. The van der Waals surface area contributed by atoms with Crippen molar-refractivity contribution in [3.63, 3.8) is 0 Å². The van der Waals surface area contributed by atoms with Gasteiger partial charge < -0.3 is 9.64 Å². The number of ether oxygens (including phenoxy) is 1. The molecular formula is C17H23N5O. The van der Waals surface area contributed by atoms with Crippen molar-refractivity contribution in [1.82, 2.24) is 19.9 Å². The second-order valence-corrected chi connectivity index (χ2v) is 6.08. The van der Waals surface area contributed by atoms with Gasteiger partial charge in [-0.1, -0.05) is 0 Å². The van der Waals surface area contributed by atoms with Crippen molar-refractivity contribution in [1.29, 1.82) is 0 Å². The number of nitrogens with zero attached hydrogens (tertiary/aromatic N) is 5. The van der Waals surface area contributed by atoms with Crippen LogP contribution in [0.2, 0.25) is 0 Å². The summed E-state index contributed by atoms with van der Waals surface area (Å²) in [4.78, 5) is 19.8. The molecule has 1 aliphatic rings. The molecule has 0 saturated carbocycles. The third-order valence-electron chi connectivity index (χ3n) is 3.97. The second kappa shape index (κ2) is 7.00. The first-order valence-electron chi connectivity index (χ1n) is 8.06. The number of aromatic nitrogens is 4. The minimum absolute atomic E-state index is 0.184. The van der Waals surface area contributed by atoms with Crippen molar-refractivity contribution in [3.05, 3.63) is 41.2 Å². The van der Waals surface area contributed by atoms with Gasteiger partial charge in [-0.15, -0.1) is 0 Å². The summed E-state index contributed by atoms with van der Waals surface area (Å²) in [6.07, 6.45) is 3.65. The zero-order chi connectivity index (χ0) is 16.2. The van der Waals surface area contributed by atoms with Gasteiger partial charge in [0.25, 0.3) is 0 Å². The summed E-state index contributed by atoms with van der Waals surface area (Å²) in [6.45, 7) is 8.38. The molecule has 3 heterocycles. The van der Waals surface area contributed by atoms with Crippen LogP contribution in [0.4, 0.5) is 5.95 Å². The van der Waals surface area contributed by atoms with Crippen LogP contribution in [0.25, 0.3) is 0 Å². The van der Waals surface area contributed by atoms with Crippen LogP contribution >= 0.6 is 0 Å². The van der Waals surface area contributed by atoms with Crippen LogP contribution < -0.4 is 4.90 Å². The topological polar surface area (TPSA) is 64.0 Å². The fourth-order valence-corrected chi connectivity index (χ4v) is 2.88. The fourth-order valence-electron chi connectivity index (χ4n) is 2.88. The van der Waals surface area contributed by atoms with Crippen molar-refractivity contribution in [2.24, 2.45) is 0 Å². The Labute approximate surface area is 137 Å². The van der Waals surface area contributed by atoms with Crippen LogP contribution in [0, 0.1) is 20.8 Å². The molecule has 0 aromatic carbocycles. The lowest BCUT2D eigenvalue weighted by molar-refractivity contribution is 0.0347. The van der Waals surface area contributed by atoms with E-state index in [-0.39, 0.29) is 6.10 Å². The lowest BCUT2D eigenvalue weighted by Gasteiger charge is -2.33. The van der Waals surface area contributed by atoms with Crippen molar-refractivity contribution < 1.29 is 4.74 Å². The van der Waals surface area contributed by atoms with E-state index in [1.807, 2.05) is 32.9 Å². The second-order valence-electron chi connectivity index (χ2n) is 6.08. The summed E-state index contributed by atoms with van der Waals surface area (Å²) in [5, 5.41) is 0. The summed E-state index contributed by atoms with van der Waals surface area (Å²) in [5.74, 6) is 0.814. The van der Waals surface area contributed by atoms with E-state index < -0.39 is 0 Å². The molecule has 2 aromatic heterocycles. The molecule has 23 heavy (non-hydrogen) atoms. The number of aryl methyl sites for hydroxylation is 4. The van der Waals surface area contributed by atoms with E-state index in [4.69, 9.17) is 4.74 Å². The molecule has 1 aliphatic heterocycles. The molecule has 6 heteroatoms. The molecule has 1 atom stereocenters. The van der Waals surface area contributed by atoms with Gasteiger partial charge in [0.05, 0.1) is 12.7 Å². The highest BCUT2D eigenvalue weighted by Gasteiger charge is 2.22. The zero-order valence-electron chi connectivity index (χ0n) is 14.0. The summed E-state index contributed by atoms with van der Waals surface area (Å²) >= 11 is 0. The van der Waals surface area contributed by atoms with Gasteiger partial charge in [-0.25, -0.2) is 19.9 Å². The van der Waals surface area contributed by atoms with Gasteiger partial charge in [0, 0.05) is 35.9 Å². The van der Waals surface area contributed by atoms with E-state index in [2.05, 4.69) is 24.8 Å². The molecule has 0 radical (unpaired) electrons. The Morgan fingerprint density at radius 3 is 2.61 bits per heavy atom. The Morgan fingerprint density at radius 2 is 1.87 bits per heavy atom. The maximum absolute atomic E-state index is 5.90. The van der Waals surface area contributed by atoms with Crippen LogP contribution in [-0.4, -0.2) is 45.7 Å². The number of anilines is 1. The molecule has 122 valence electrons. The molecular weight excluding hydrogens is 290 g/mol. The lowest BCUT2D eigenvalue weighted by Crippen LogP contribution is -2.43. The predicted octanol–water partition coefficient (Wildman–Crippen LogP) is 2.03. The van der Waals surface area contributed by atoms with Crippen molar-refractivity contribution in [3.8, 4) is 0 Å². The van der Waals surface area contributed by atoms with Crippen LogP contribution in [0.3, 0.4) is 0 Å². The summed E-state index contributed by atoms with van der Waals surface area (Å²) in [5.41, 5.74) is 4.09. The van der Waals surface area contributed by atoms with E-state index in [0.717, 1.165) is 54.7 Å². The molecule has 3 rings (SSSR count). The average Bonchev–Trinajstić information content (AvgIpc) is 2.52. The molecule has 1 saturated heterocycles. The highest BCUT2D eigenvalue weighted by atomic mass is 16.5. The minimum Gasteiger partial charge on any atom is -0.375 e. The number of rotatable bonds is 4. The first kappa shape index (κ1) is 15.8. The first-order chi connectivity index (χ1) is 11.1. The molecule has 1 fully saturated rings. The molecule has 0 aliphatic carbocycles. The molecule has 0 amide bonds. The van der Waals surface area contributed by atoms with Crippen LogP contribution in [0.15, 0.2) is 18.5 Å².